The van der Waals surface area contributed by atoms with E-state index in [0.717, 1.165) is 34.9 Å². The number of benzene rings is 2. The average Bonchev–Trinajstić information content (AvgIpc) is 3.48. The summed E-state index contributed by atoms with van der Waals surface area (Å²) in [6, 6.07) is 18.9. The number of aromatic nitrogens is 1. The molecule has 1 fully saturated rings. The van der Waals surface area contributed by atoms with Crippen LogP contribution < -0.4 is 5.32 Å². The largest absolute Gasteiger partial charge is 0.490 e. The molecule has 1 unspecified atom stereocenters. The normalized spacial score (nSPS) is 15.2. The lowest BCUT2D eigenvalue weighted by Gasteiger charge is -2.31. The van der Waals surface area contributed by atoms with Crippen LogP contribution in [0.3, 0.4) is 0 Å². The number of aliphatic carboxylic acids is 2. The number of carbonyl (C=O) groups excluding carboxylic acids is 2. The fourth-order valence-corrected chi connectivity index (χ4v) is 5.67. The monoisotopic (exact) mass is 662 g/mol. The lowest BCUT2D eigenvalue weighted by Crippen LogP contribution is -2.49. The second-order valence-corrected chi connectivity index (χ2v) is 11.7. The van der Waals surface area contributed by atoms with Crippen LogP contribution in [0.2, 0.25) is 0 Å². The number of hydrogen-bond donors (Lipinski definition) is 3. The van der Waals surface area contributed by atoms with Gasteiger partial charge in [-0.1, -0.05) is 48.5 Å². The molecule has 10 nitrogen and oxygen atoms in total. The van der Waals surface area contributed by atoms with Crippen LogP contribution in [0, 0.1) is 0 Å². The Hall–Kier alpha value is -4.17. The standard InChI is InChI=1S/C30H36N4O4S.C2HF3O2/c1-39-17-14-27(30(37)38)32-28(35)21-33(19-23-10-6-9-22-8-2-3-13-26(22)23)20-25-12-7-16-34(25)29(36)18-24-11-4-5-15-31-24;3-2(4,5)1(6)7/h2-6,8-11,13,15,25,27H,7,12,14,16-21H2,1H3,(H,32,35)(H,37,38);(H,6,7)/t25-,27?;/m0./s1. The summed E-state index contributed by atoms with van der Waals surface area (Å²) in [5, 5.41) is 21.7. The first-order chi connectivity index (χ1) is 21.9. The second kappa shape index (κ2) is 17.5. The molecule has 14 heteroatoms. The molecule has 3 N–H and O–H groups in total. The van der Waals surface area contributed by atoms with Gasteiger partial charge < -0.3 is 20.4 Å². The highest BCUT2D eigenvalue weighted by atomic mass is 32.2. The molecular weight excluding hydrogens is 625 g/mol. The predicted molar refractivity (Wildman–Crippen MR) is 168 cm³/mol. The Bertz CT molecular complexity index is 1470. The van der Waals surface area contributed by atoms with E-state index in [9.17, 15) is 32.7 Å². The summed E-state index contributed by atoms with van der Waals surface area (Å²) >= 11 is 1.55. The Morgan fingerprint density at radius 2 is 1.76 bits per heavy atom. The first kappa shape index (κ1) is 36.3. The SMILES string of the molecule is CSCCC(NC(=O)CN(Cc1cccc2ccccc12)C[C@@H]1CCCN1C(=O)Cc1ccccn1)C(=O)O.O=C(O)C(F)(F)F. The van der Waals surface area contributed by atoms with E-state index in [4.69, 9.17) is 9.90 Å². The summed E-state index contributed by atoms with van der Waals surface area (Å²) in [7, 11) is 0. The number of thioether (sulfide) groups is 1. The van der Waals surface area contributed by atoms with Crippen molar-refractivity contribution in [3.63, 3.8) is 0 Å². The molecule has 1 aromatic heterocycles. The smallest absolute Gasteiger partial charge is 0.480 e. The van der Waals surface area contributed by atoms with E-state index in [-0.39, 0.29) is 30.8 Å². The summed E-state index contributed by atoms with van der Waals surface area (Å²) in [6.07, 6.45) is 0.893. The molecule has 4 rings (SSSR count). The minimum atomic E-state index is -5.08. The van der Waals surface area contributed by atoms with Gasteiger partial charge in [-0.2, -0.15) is 24.9 Å². The van der Waals surface area contributed by atoms with Crippen LogP contribution in [0.15, 0.2) is 66.9 Å². The van der Waals surface area contributed by atoms with Crippen LogP contribution >= 0.6 is 11.8 Å². The fraction of sp³-hybridized carbons (Fsp3) is 0.406. The van der Waals surface area contributed by atoms with Crippen molar-refractivity contribution in [1.82, 2.24) is 20.1 Å². The molecule has 2 amide bonds. The van der Waals surface area contributed by atoms with Crippen molar-refractivity contribution < 1.29 is 42.6 Å². The number of carbonyl (C=O) groups is 4. The molecule has 2 atom stereocenters. The summed E-state index contributed by atoms with van der Waals surface area (Å²) in [4.78, 5) is 55.2. The Kier molecular flexibility index (Phi) is 13.8. The number of pyridine rings is 1. The number of carboxylic acid groups (broad SMARTS) is 2. The molecule has 3 aromatic rings. The second-order valence-electron chi connectivity index (χ2n) is 10.7. The number of hydrogen-bond acceptors (Lipinski definition) is 7. The van der Waals surface area contributed by atoms with Gasteiger partial charge in [-0.15, -0.1) is 0 Å². The molecule has 0 bridgehead atoms. The van der Waals surface area contributed by atoms with Crippen LogP contribution in [-0.2, 0) is 32.1 Å². The fourth-order valence-electron chi connectivity index (χ4n) is 5.20. The molecule has 0 spiro atoms. The number of amides is 2. The minimum absolute atomic E-state index is 0.0317. The molecule has 0 radical (unpaired) electrons. The number of nitrogens with zero attached hydrogens (tertiary/aromatic N) is 3. The molecule has 46 heavy (non-hydrogen) atoms. The number of halogens is 3. The van der Waals surface area contributed by atoms with Crippen LogP contribution in [0.25, 0.3) is 10.8 Å². The Morgan fingerprint density at radius 3 is 2.41 bits per heavy atom. The molecule has 2 heterocycles. The van der Waals surface area contributed by atoms with E-state index in [1.165, 1.54) is 0 Å². The lowest BCUT2D eigenvalue weighted by atomic mass is 10.0. The highest BCUT2D eigenvalue weighted by Crippen LogP contribution is 2.23. The van der Waals surface area contributed by atoms with Gasteiger partial charge in [-0.3, -0.25) is 19.5 Å². The van der Waals surface area contributed by atoms with E-state index < -0.39 is 24.2 Å². The van der Waals surface area contributed by atoms with Crippen molar-refractivity contribution in [3.8, 4) is 0 Å². The number of nitrogens with one attached hydrogen (secondary N) is 1. The molecule has 1 saturated heterocycles. The number of carboxylic acids is 2. The Morgan fingerprint density at radius 1 is 1.07 bits per heavy atom. The zero-order valence-electron chi connectivity index (χ0n) is 25.3. The van der Waals surface area contributed by atoms with Gasteiger partial charge >= 0.3 is 18.1 Å². The van der Waals surface area contributed by atoms with E-state index >= 15 is 0 Å². The Balaban J connectivity index is 0.000000738. The van der Waals surface area contributed by atoms with Gasteiger partial charge in [-0.25, -0.2) is 9.59 Å². The topological polar surface area (TPSA) is 140 Å². The number of likely N-dealkylation sites (tertiary alicyclic amines) is 1. The molecule has 248 valence electrons. The molecule has 2 aromatic carbocycles. The first-order valence-corrected chi connectivity index (χ1v) is 16.0. The average molecular weight is 663 g/mol. The van der Waals surface area contributed by atoms with Crippen LogP contribution in [0.5, 0.6) is 0 Å². The highest BCUT2D eigenvalue weighted by molar-refractivity contribution is 7.98. The third-order valence-electron chi connectivity index (χ3n) is 7.35. The van der Waals surface area contributed by atoms with Crippen molar-refractivity contribution in [2.75, 3.05) is 31.6 Å². The number of rotatable bonds is 13. The van der Waals surface area contributed by atoms with Crippen molar-refractivity contribution in [2.24, 2.45) is 0 Å². The zero-order chi connectivity index (χ0) is 33.7. The maximum atomic E-state index is 13.2. The number of alkyl halides is 3. The van der Waals surface area contributed by atoms with Gasteiger partial charge in [0.1, 0.15) is 6.04 Å². The minimum Gasteiger partial charge on any atom is -0.480 e. The van der Waals surface area contributed by atoms with Gasteiger partial charge in [-0.05, 0) is 59.7 Å². The quantitative estimate of drug-likeness (QED) is 0.245. The summed E-state index contributed by atoms with van der Waals surface area (Å²) in [6.45, 7) is 1.76. The van der Waals surface area contributed by atoms with E-state index in [1.54, 1.807) is 18.0 Å². The summed E-state index contributed by atoms with van der Waals surface area (Å²) in [5.74, 6) is -3.43. The van der Waals surface area contributed by atoms with Gasteiger partial charge in [0.15, 0.2) is 0 Å². The van der Waals surface area contributed by atoms with Crippen LogP contribution in [0.1, 0.15) is 30.5 Å². The molecule has 0 saturated carbocycles. The molecule has 1 aliphatic heterocycles. The predicted octanol–water partition coefficient (Wildman–Crippen LogP) is 4.23. The van der Waals surface area contributed by atoms with Crippen molar-refractivity contribution in [2.45, 2.75) is 50.5 Å². The van der Waals surface area contributed by atoms with E-state index in [2.05, 4.69) is 34.6 Å². The Labute approximate surface area is 269 Å². The van der Waals surface area contributed by atoms with Crippen molar-refractivity contribution in [3.05, 3.63) is 78.1 Å². The third kappa shape index (κ3) is 11.3. The lowest BCUT2D eigenvalue weighted by molar-refractivity contribution is -0.192. The van der Waals surface area contributed by atoms with Crippen molar-refractivity contribution >= 4 is 46.3 Å². The van der Waals surface area contributed by atoms with Gasteiger partial charge in [0.2, 0.25) is 11.8 Å². The number of fused-ring (bicyclic) bond motifs is 1. The van der Waals surface area contributed by atoms with Crippen LogP contribution in [-0.4, -0.2) is 98.7 Å². The first-order valence-electron chi connectivity index (χ1n) is 14.6. The molecular formula is C32H37F3N4O6S. The zero-order valence-corrected chi connectivity index (χ0v) is 26.1. The maximum absolute atomic E-state index is 13.2. The van der Waals surface area contributed by atoms with Gasteiger partial charge in [0.05, 0.1) is 13.0 Å². The van der Waals surface area contributed by atoms with Crippen molar-refractivity contribution in [1.29, 1.82) is 0 Å². The summed E-state index contributed by atoms with van der Waals surface area (Å²) < 4.78 is 31.7. The van der Waals surface area contributed by atoms with E-state index in [0.29, 0.717) is 31.8 Å². The molecule has 0 aliphatic carbocycles. The maximum Gasteiger partial charge on any atom is 0.490 e. The third-order valence-corrected chi connectivity index (χ3v) is 8.00. The van der Waals surface area contributed by atoms with E-state index in [1.807, 2.05) is 52.5 Å². The van der Waals surface area contributed by atoms with Gasteiger partial charge in [0, 0.05) is 37.6 Å². The summed E-state index contributed by atoms with van der Waals surface area (Å²) in [5.41, 5.74) is 1.83. The molecule has 1 aliphatic rings. The van der Waals surface area contributed by atoms with Gasteiger partial charge in [0.25, 0.3) is 0 Å². The highest BCUT2D eigenvalue weighted by Gasteiger charge is 2.38. The van der Waals surface area contributed by atoms with Crippen LogP contribution in [0.4, 0.5) is 13.2 Å².